The van der Waals surface area contributed by atoms with Gasteiger partial charge in [0.05, 0.1) is 0 Å². The summed E-state index contributed by atoms with van der Waals surface area (Å²) in [4.78, 5) is 21.6. The zero-order valence-electron chi connectivity index (χ0n) is 7.95. The molecule has 0 aliphatic rings. The Morgan fingerprint density at radius 2 is 2.08 bits per heavy atom. The van der Waals surface area contributed by atoms with Gasteiger partial charge in [0.2, 0.25) is 0 Å². The van der Waals surface area contributed by atoms with Crippen molar-refractivity contribution in [3.05, 3.63) is 12.7 Å². The van der Waals surface area contributed by atoms with Crippen LogP contribution < -0.4 is 5.73 Å². The molecule has 0 aromatic carbocycles. The molecule has 0 unspecified atom stereocenters. The van der Waals surface area contributed by atoms with E-state index in [0.29, 0.717) is 12.3 Å². The fraction of sp³-hybridized carbons (Fsp3) is 0.556. The molecule has 1 atom stereocenters. The van der Waals surface area contributed by atoms with E-state index in [1.807, 2.05) is 13.8 Å². The first-order valence-corrected chi connectivity index (χ1v) is 4.11. The zero-order chi connectivity index (χ0) is 10.4. The summed E-state index contributed by atoms with van der Waals surface area (Å²) in [5, 5.41) is 0. The molecule has 0 heterocycles. The van der Waals surface area contributed by atoms with Gasteiger partial charge in [0.15, 0.2) is 0 Å². The summed E-state index contributed by atoms with van der Waals surface area (Å²) >= 11 is 0. The molecule has 0 aromatic heterocycles. The van der Waals surface area contributed by atoms with Crippen molar-refractivity contribution in [1.29, 1.82) is 0 Å². The molecular weight excluding hydrogens is 170 g/mol. The second-order valence-electron chi connectivity index (χ2n) is 3.18. The van der Waals surface area contributed by atoms with Crippen LogP contribution in [0.4, 0.5) is 0 Å². The Hall–Kier alpha value is -1.16. The predicted molar refractivity (Wildman–Crippen MR) is 48.7 cm³/mol. The van der Waals surface area contributed by atoms with Crippen LogP contribution in [0.5, 0.6) is 0 Å². The van der Waals surface area contributed by atoms with Crippen LogP contribution in [0, 0.1) is 5.92 Å². The highest BCUT2D eigenvalue weighted by Gasteiger charge is 2.18. The van der Waals surface area contributed by atoms with Crippen LogP contribution in [0.3, 0.4) is 0 Å². The van der Waals surface area contributed by atoms with E-state index in [1.165, 1.54) is 0 Å². The van der Waals surface area contributed by atoms with Crippen LogP contribution in [0.25, 0.3) is 0 Å². The van der Waals surface area contributed by atoms with E-state index in [0.717, 1.165) is 6.08 Å². The number of esters is 2. The number of hydrogen-bond donors (Lipinski definition) is 1. The first-order chi connectivity index (χ1) is 5.97. The fourth-order valence-corrected chi connectivity index (χ4v) is 0.821. The summed E-state index contributed by atoms with van der Waals surface area (Å²) in [7, 11) is 0. The van der Waals surface area contributed by atoms with E-state index in [9.17, 15) is 9.59 Å². The van der Waals surface area contributed by atoms with Crippen LogP contribution >= 0.6 is 0 Å². The Morgan fingerprint density at radius 3 is 2.46 bits per heavy atom. The van der Waals surface area contributed by atoms with Gasteiger partial charge in [-0.25, -0.2) is 9.59 Å². The van der Waals surface area contributed by atoms with Gasteiger partial charge in [-0.1, -0.05) is 20.4 Å². The van der Waals surface area contributed by atoms with Crippen molar-refractivity contribution < 1.29 is 14.3 Å². The normalized spacial score (nSPS) is 12.3. The molecule has 2 N–H and O–H groups in total. The van der Waals surface area contributed by atoms with Gasteiger partial charge in [-0.15, -0.1) is 0 Å². The lowest BCUT2D eigenvalue weighted by atomic mass is 10.1. The predicted octanol–water partition coefficient (Wildman–Crippen LogP) is 0.616. The van der Waals surface area contributed by atoms with Gasteiger partial charge in [-0.2, -0.15) is 0 Å². The lowest BCUT2D eigenvalue weighted by molar-refractivity contribution is -0.157. The third kappa shape index (κ3) is 5.14. The Morgan fingerprint density at radius 1 is 1.54 bits per heavy atom. The Balaban J connectivity index is 3.96. The van der Waals surface area contributed by atoms with E-state index >= 15 is 0 Å². The molecule has 4 nitrogen and oxygen atoms in total. The van der Waals surface area contributed by atoms with Crippen molar-refractivity contribution in [1.82, 2.24) is 0 Å². The molecule has 0 radical (unpaired) electrons. The molecule has 0 aliphatic heterocycles. The zero-order valence-corrected chi connectivity index (χ0v) is 7.95. The Bertz CT molecular complexity index is 211. The molecule has 0 bridgehead atoms. The molecule has 0 amide bonds. The van der Waals surface area contributed by atoms with Crippen LogP contribution in [-0.2, 0) is 14.3 Å². The summed E-state index contributed by atoms with van der Waals surface area (Å²) < 4.78 is 4.34. The average molecular weight is 185 g/mol. The Labute approximate surface area is 77.7 Å². The van der Waals surface area contributed by atoms with E-state index in [4.69, 9.17) is 5.73 Å². The minimum atomic E-state index is -0.760. The molecule has 0 rings (SSSR count). The highest BCUT2D eigenvalue weighted by atomic mass is 16.6. The summed E-state index contributed by atoms with van der Waals surface area (Å²) in [5.74, 6) is -1.16. The summed E-state index contributed by atoms with van der Waals surface area (Å²) in [6, 6.07) is -0.733. The van der Waals surface area contributed by atoms with Gasteiger partial charge in [-0.05, 0) is 12.3 Å². The van der Waals surface area contributed by atoms with Gasteiger partial charge in [0, 0.05) is 6.08 Å². The lowest BCUT2D eigenvalue weighted by Crippen LogP contribution is -2.34. The quantitative estimate of drug-likeness (QED) is 0.396. The van der Waals surface area contributed by atoms with Crippen LogP contribution in [0.2, 0.25) is 0 Å². The standard InChI is InChI=1S/C9H15NO3/c1-4-8(11)13-9(12)7(10)5-6(2)3/h4,6-7H,1,5,10H2,2-3H3/t7-/m0/s1. The molecule has 4 heteroatoms. The van der Waals surface area contributed by atoms with E-state index in [-0.39, 0.29) is 0 Å². The van der Waals surface area contributed by atoms with Gasteiger partial charge < -0.3 is 10.5 Å². The number of carbonyl (C=O) groups is 2. The summed E-state index contributed by atoms with van der Waals surface area (Å²) in [6.45, 7) is 7.03. The summed E-state index contributed by atoms with van der Waals surface area (Å²) in [6.07, 6.45) is 1.43. The minimum absolute atomic E-state index is 0.293. The van der Waals surface area contributed by atoms with Crippen molar-refractivity contribution in [3.8, 4) is 0 Å². The first-order valence-electron chi connectivity index (χ1n) is 4.11. The van der Waals surface area contributed by atoms with Gasteiger partial charge >= 0.3 is 11.9 Å². The largest absolute Gasteiger partial charge is 0.389 e. The van der Waals surface area contributed by atoms with Crippen LogP contribution in [0.15, 0.2) is 12.7 Å². The van der Waals surface area contributed by atoms with Crippen LogP contribution in [-0.4, -0.2) is 18.0 Å². The maximum atomic E-state index is 11.0. The number of hydrogen-bond acceptors (Lipinski definition) is 4. The third-order valence-electron chi connectivity index (χ3n) is 1.40. The van der Waals surface area contributed by atoms with Gasteiger partial charge in [0.25, 0.3) is 0 Å². The Kier molecular flexibility index (Phi) is 4.99. The van der Waals surface area contributed by atoms with Crippen molar-refractivity contribution in [3.63, 3.8) is 0 Å². The van der Waals surface area contributed by atoms with E-state index in [1.54, 1.807) is 0 Å². The second-order valence-corrected chi connectivity index (χ2v) is 3.18. The third-order valence-corrected chi connectivity index (χ3v) is 1.40. The van der Waals surface area contributed by atoms with Crippen molar-refractivity contribution in [2.45, 2.75) is 26.3 Å². The number of carbonyl (C=O) groups excluding carboxylic acids is 2. The number of ether oxygens (including phenoxy) is 1. The fourth-order valence-electron chi connectivity index (χ4n) is 0.821. The molecule has 13 heavy (non-hydrogen) atoms. The molecule has 0 aliphatic carbocycles. The van der Waals surface area contributed by atoms with E-state index < -0.39 is 18.0 Å². The number of rotatable bonds is 4. The maximum absolute atomic E-state index is 11.0. The maximum Gasteiger partial charge on any atom is 0.337 e. The second kappa shape index (κ2) is 5.48. The average Bonchev–Trinajstić information content (AvgIpc) is 2.02. The van der Waals surface area contributed by atoms with E-state index in [2.05, 4.69) is 11.3 Å². The van der Waals surface area contributed by atoms with Crippen molar-refractivity contribution >= 4 is 11.9 Å². The SMILES string of the molecule is C=CC(=O)OC(=O)[C@@H](N)CC(C)C. The topological polar surface area (TPSA) is 69.4 Å². The lowest BCUT2D eigenvalue weighted by Gasteiger charge is -2.11. The van der Waals surface area contributed by atoms with Gasteiger partial charge in [0.1, 0.15) is 6.04 Å². The molecule has 0 spiro atoms. The molecule has 0 saturated heterocycles. The first kappa shape index (κ1) is 11.8. The van der Waals surface area contributed by atoms with Crippen molar-refractivity contribution in [2.24, 2.45) is 11.7 Å². The van der Waals surface area contributed by atoms with Crippen molar-refractivity contribution in [2.75, 3.05) is 0 Å². The van der Waals surface area contributed by atoms with Crippen LogP contribution in [0.1, 0.15) is 20.3 Å². The monoisotopic (exact) mass is 185 g/mol. The number of nitrogens with two attached hydrogens (primary N) is 1. The molecule has 0 aromatic rings. The minimum Gasteiger partial charge on any atom is -0.389 e. The molecule has 0 saturated carbocycles. The molecule has 74 valence electrons. The van der Waals surface area contributed by atoms with Gasteiger partial charge in [-0.3, -0.25) is 0 Å². The highest BCUT2D eigenvalue weighted by molar-refractivity contribution is 5.93. The molecular formula is C9H15NO3. The highest BCUT2D eigenvalue weighted by Crippen LogP contribution is 2.03. The molecule has 0 fully saturated rings. The summed E-state index contributed by atoms with van der Waals surface area (Å²) in [5.41, 5.74) is 5.46. The smallest absolute Gasteiger partial charge is 0.337 e.